The Morgan fingerprint density at radius 1 is 0.479 bits per heavy atom. The van der Waals surface area contributed by atoms with Gasteiger partial charge in [-0.1, -0.05) is 286 Å². The van der Waals surface area contributed by atoms with Gasteiger partial charge in [-0.25, -0.2) is 0 Å². The second kappa shape index (κ2) is 44.8. The number of benzene rings is 1. The Kier molecular flexibility index (Phi) is 42.6. The number of aliphatic hydroxyl groups is 1. The molecule has 0 spiro atoms. The van der Waals surface area contributed by atoms with Crippen LogP contribution in [0.15, 0.2) is 29.8 Å². The molecule has 418 valence electrons. The van der Waals surface area contributed by atoms with Crippen LogP contribution in [0.5, 0.6) is 11.5 Å². The minimum Gasteiger partial charge on any atom is -0.497 e. The van der Waals surface area contributed by atoms with Crippen LogP contribution in [0.3, 0.4) is 0 Å². The van der Waals surface area contributed by atoms with Gasteiger partial charge in [-0.3, -0.25) is 0 Å². The molecule has 0 saturated heterocycles. The van der Waals surface area contributed by atoms with Crippen molar-refractivity contribution in [2.45, 2.75) is 345 Å². The lowest BCUT2D eigenvalue weighted by Gasteiger charge is -2.34. The third kappa shape index (κ3) is 40.5. The minimum absolute atomic E-state index is 0.281. The normalized spacial score (nSPS) is 15.3. The number of ether oxygens (including phenoxy) is 2. The van der Waals surface area contributed by atoms with Crippen LogP contribution < -0.4 is 9.47 Å². The summed E-state index contributed by atoms with van der Waals surface area (Å²) in [4.78, 5) is 0. The molecule has 0 aliphatic rings. The summed E-state index contributed by atoms with van der Waals surface area (Å²) in [5.41, 5.74) is 1.86. The fourth-order valence-corrected chi connectivity index (χ4v) is 11.3. The van der Waals surface area contributed by atoms with Gasteiger partial charge in [-0.2, -0.15) is 0 Å². The molecule has 0 saturated carbocycles. The Morgan fingerprint density at radius 2 is 0.859 bits per heavy atom. The smallest absolute Gasteiger partial charge is 0.127 e. The SMILES string of the molecule is CCCCCCCCCCCCCCCCCCCCCc1cc(OC)cc(OC(CC/C=C(\C)CCC[C@H](C)CCC[C@H](C)CCCC(C)C)C(C)(O)CCC[C@H](C)CCC[C@H](C)CCCC(C)C)c1. The first-order chi connectivity index (χ1) is 34.1. The lowest BCUT2D eigenvalue weighted by Crippen LogP contribution is -2.43. The van der Waals surface area contributed by atoms with Crippen LogP contribution in [0.2, 0.25) is 0 Å². The zero-order valence-electron chi connectivity index (χ0n) is 50.4. The quantitative estimate of drug-likeness (QED) is 0.0522. The zero-order chi connectivity index (χ0) is 52.4. The number of allylic oxidation sites excluding steroid dienone is 2. The summed E-state index contributed by atoms with van der Waals surface area (Å²) in [5, 5.41) is 12.3. The number of aryl methyl sites for hydroxylation is 1. The van der Waals surface area contributed by atoms with Crippen LogP contribution in [0.4, 0.5) is 0 Å². The average Bonchev–Trinajstić information content (AvgIpc) is 3.31. The molecule has 0 radical (unpaired) electrons. The average molecular weight is 994 g/mol. The second-order valence-corrected chi connectivity index (χ2v) is 25.4. The van der Waals surface area contributed by atoms with Crippen LogP contribution in [0, 0.1) is 35.5 Å². The minimum atomic E-state index is -0.913. The van der Waals surface area contributed by atoms with E-state index in [2.05, 4.69) is 87.4 Å². The van der Waals surface area contributed by atoms with Gasteiger partial charge in [0.25, 0.3) is 0 Å². The molecular weight excluding hydrogens is 865 g/mol. The highest BCUT2D eigenvalue weighted by atomic mass is 16.5. The Labute approximate surface area is 446 Å². The molecular formula is C68H128O3. The van der Waals surface area contributed by atoms with E-state index in [1.165, 1.54) is 236 Å². The maximum absolute atomic E-state index is 12.3. The maximum atomic E-state index is 12.3. The van der Waals surface area contributed by atoms with Crippen LogP contribution in [0.25, 0.3) is 0 Å². The van der Waals surface area contributed by atoms with Crippen molar-refractivity contribution >= 4 is 0 Å². The van der Waals surface area contributed by atoms with E-state index in [0.717, 1.165) is 73.2 Å². The van der Waals surface area contributed by atoms with E-state index in [9.17, 15) is 5.11 Å². The van der Waals surface area contributed by atoms with Crippen LogP contribution in [-0.4, -0.2) is 23.9 Å². The molecule has 1 rings (SSSR count). The third-order valence-corrected chi connectivity index (χ3v) is 16.5. The fraction of sp³-hybridized carbons (Fsp3) is 0.882. The third-order valence-electron chi connectivity index (χ3n) is 16.5. The predicted octanol–water partition coefficient (Wildman–Crippen LogP) is 22.8. The summed E-state index contributed by atoms with van der Waals surface area (Å²) < 4.78 is 12.8. The first-order valence-electron chi connectivity index (χ1n) is 31.9. The fourth-order valence-electron chi connectivity index (χ4n) is 11.3. The van der Waals surface area contributed by atoms with Gasteiger partial charge in [0.05, 0.1) is 12.7 Å². The number of methoxy groups -OCH3 is 1. The highest BCUT2D eigenvalue weighted by molar-refractivity contribution is 5.39. The van der Waals surface area contributed by atoms with Gasteiger partial charge in [-0.05, 0) is 112 Å². The Balaban J connectivity index is 2.69. The highest BCUT2D eigenvalue weighted by Gasteiger charge is 2.33. The highest BCUT2D eigenvalue weighted by Crippen LogP contribution is 2.32. The number of rotatable bonds is 51. The number of hydrogen-bond acceptors (Lipinski definition) is 3. The van der Waals surface area contributed by atoms with E-state index in [-0.39, 0.29) is 6.10 Å². The van der Waals surface area contributed by atoms with Crippen molar-refractivity contribution in [1.29, 1.82) is 0 Å². The summed E-state index contributed by atoms with van der Waals surface area (Å²) in [6.07, 6.45) is 54.7. The topological polar surface area (TPSA) is 38.7 Å². The Morgan fingerprint density at radius 3 is 1.28 bits per heavy atom. The van der Waals surface area contributed by atoms with Gasteiger partial charge >= 0.3 is 0 Å². The van der Waals surface area contributed by atoms with Crippen LogP contribution in [0.1, 0.15) is 332 Å². The van der Waals surface area contributed by atoms with Crippen LogP contribution >= 0.6 is 0 Å². The van der Waals surface area contributed by atoms with Crippen molar-refractivity contribution in [3.8, 4) is 11.5 Å². The van der Waals surface area contributed by atoms with Crippen molar-refractivity contribution in [3.05, 3.63) is 35.4 Å². The van der Waals surface area contributed by atoms with E-state index >= 15 is 0 Å². The van der Waals surface area contributed by atoms with Gasteiger partial charge in [0.15, 0.2) is 0 Å². The summed E-state index contributed by atoms with van der Waals surface area (Å²) in [6, 6.07) is 6.48. The first kappa shape index (κ1) is 67.5. The molecule has 3 nitrogen and oxygen atoms in total. The van der Waals surface area contributed by atoms with Gasteiger partial charge in [-0.15, -0.1) is 0 Å². The molecule has 6 atom stereocenters. The molecule has 0 amide bonds. The van der Waals surface area contributed by atoms with Crippen molar-refractivity contribution in [2.75, 3.05) is 7.11 Å². The van der Waals surface area contributed by atoms with Gasteiger partial charge < -0.3 is 14.6 Å². The van der Waals surface area contributed by atoms with E-state index < -0.39 is 5.60 Å². The zero-order valence-corrected chi connectivity index (χ0v) is 50.4. The molecule has 2 unspecified atom stereocenters. The van der Waals surface area contributed by atoms with E-state index in [0.29, 0.717) is 5.92 Å². The van der Waals surface area contributed by atoms with E-state index in [1.54, 1.807) is 7.11 Å². The van der Waals surface area contributed by atoms with Crippen molar-refractivity contribution in [2.24, 2.45) is 35.5 Å². The standard InChI is InChI=1S/C68H128O3/c1-13-14-15-16-17-18-19-20-21-22-23-24-25-26-27-28-29-30-31-51-64-54-65(70-12)56-66(55-64)71-67(68(11,69)53-38-50-63(10)48-36-44-60(7)42-33-40-58(4)5)52-37-49-62(9)47-35-46-61(8)45-34-43-59(6)41-32-39-57(2)3/h49,54-61,63,67,69H,13-48,50-53H2,1-12H3/b62-49+/t59-,60-,61-,63-,67?,68?/m1/s1. The van der Waals surface area contributed by atoms with Crippen LogP contribution in [-0.2, 0) is 6.42 Å². The van der Waals surface area contributed by atoms with E-state index in [1.807, 2.05) is 13.0 Å². The molecule has 1 N–H and O–H groups in total. The summed E-state index contributed by atoms with van der Waals surface area (Å²) in [7, 11) is 1.77. The lowest BCUT2D eigenvalue weighted by atomic mass is 9.86. The number of unbranched alkanes of at least 4 members (excludes halogenated alkanes) is 18. The van der Waals surface area contributed by atoms with E-state index in [4.69, 9.17) is 9.47 Å². The molecule has 0 fully saturated rings. The first-order valence-corrected chi connectivity index (χ1v) is 31.9. The van der Waals surface area contributed by atoms with Gasteiger partial charge in [0.1, 0.15) is 17.6 Å². The molecule has 3 heteroatoms. The molecule has 0 bridgehead atoms. The number of hydrogen-bond donors (Lipinski definition) is 1. The largest absolute Gasteiger partial charge is 0.497 e. The summed E-state index contributed by atoms with van der Waals surface area (Å²) in [6.45, 7) is 25.9. The summed E-state index contributed by atoms with van der Waals surface area (Å²) >= 11 is 0. The van der Waals surface area contributed by atoms with Gasteiger partial charge in [0, 0.05) is 6.07 Å². The monoisotopic (exact) mass is 993 g/mol. The van der Waals surface area contributed by atoms with Crippen molar-refractivity contribution in [1.82, 2.24) is 0 Å². The molecule has 1 aromatic rings. The molecule has 0 aliphatic heterocycles. The van der Waals surface area contributed by atoms with Crippen molar-refractivity contribution in [3.63, 3.8) is 0 Å². The molecule has 71 heavy (non-hydrogen) atoms. The molecule has 1 aromatic carbocycles. The summed E-state index contributed by atoms with van der Waals surface area (Å²) in [5.74, 6) is 6.56. The van der Waals surface area contributed by atoms with Crippen molar-refractivity contribution < 1.29 is 14.6 Å². The Bertz CT molecular complexity index is 1340. The maximum Gasteiger partial charge on any atom is 0.127 e. The molecule has 0 heterocycles. The van der Waals surface area contributed by atoms with Gasteiger partial charge in [0.2, 0.25) is 0 Å². The Hall–Kier alpha value is -1.48. The lowest BCUT2D eigenvalue weighted by molar-refractivity contribution is -0.0585. The second-order valence-electron chi connectivity index (χ2n) is 25.4. The predicted molar refractivity (Wildman–Crippen MR) is 318 cm³/mol. The molecule has 0 aromatic heterocycles. The molecule has 0 aliphatic carbocycles.